The second kappa shape index (κ2) is 7.71. The first-order valence-corrected chi connectivity index (χ1v) is 11.2. The van der Waals surface area contributed by atoms with Crippen LogP contribution in [-0.4, -0.2) is 8.97 Å². The third kappa shape index (κ3) is 3.41. The molecule has 2 heterocycles. The number of aryl methyl sites for hydroxylation is 1. The van der Waals surface area contributed by atoms with Crippen LogP contribution in [0.25, 0.3) is 27.0 Å². The van der Waals surface area contributed by atoms with Crippen molar-refractivity contribution in [1.82, 2.24) is 8.97 Å². The molecule has 0 fully saturated rings. The van der Waals surface area contributed by atoms with Gasteiger partial charge in [0.25, 0.3) is 5.56 Å². The number of nitrogens with zero attached hydrogens (tertiary/aromatic N) is 2. The van der Waals surface area contributed by atoms with Crippen molar-refractivity contribution in [2.75, 3.05) is 0 Å². The van der Waals surface area contributed by atoms with Gasteiger partial charge in [0.1, 0.15) is 11.5 Å². The van der Waals surface area contributed by atoms with Crippen molar-refractivity contribution in [3.63, 3.8) is 0 Å². The number of fused-ring (bicyclic) bond motifs is 3. The number of hydrogen-bond donors (Lipinski definition) is 0. The molecule has 3 nitrogen and oxygen atoms in total. The molecule has 0 aliphatic heterocycles. The van der Waals surface area contributed by atoms with Gasteiger partial charge in [0.15, 0.2) is 3.95 Å². The summed E-state index contributed by atoms with van der Waals surface area (Å²) in [6, 6.07) is 19.8. The lowest BCUT2D eigenvalue weighted by atomic mass is 10.1. The van der Waals surface area contributed by atoms with E-state index in [1.165, 1.54) is 23.5 Å². The van der Waals surface area contributed by atoms with Crippen LogP contribution in [0.15, 0.2) is 71.5 Å². The van der Waals surface area contributed by atoms with E-state index in [2.05, 4.69) is 6.07 Å². The largest absolute Gasteiger partial charge is 0.288 e. The molecule has 0 aliphatic rings. The average Bonchev–Trinajstić information content (AvgIpc) is 3.10. The minimum absolute atomic E-state index is 0.141. The summed E-state index contributed by atoms with van der Waals surface area (Å²) in [5, 5.41) is 0.849. The molecule has 0 N–H and O–H groups in total. The van der Waals surface area contributed by atoms with Crippen LogP contribution in [0.4, 0.5) is 4.39 Å². The summed E-state index contributed by atoms with van der Waals surface area (Å²) in [6.45, 7) is 2.23. The van der Waals surface area contributed by atoms with Crippen LogP contribution in [-0.2, 0) is 6.54 Å². The molecule has 0 radical (unpaired) electrons. The lowest BCUT2D eigenvalue weighted by Crippen LogP contribution is -2.24. The lowest BCUT2D eigenvalue weighted by molar-refractivity contribution is 0.626. The summed E-state index contributed by atoms with van der Waals surface area (Å²) in [7, 11) is 0. The average molecular weight is 467 g/mol. The zero-order valence-corrected chi connectivity index (χ0v) is 18.8. The van der Waals surface area contributed by atoms with Gasteiger partial charge in [-0.3, -0.25) is 13.8 Å². The second-order valence-corrected chi connectivity index (χ2v) is 9.42. The number of thiazole rings is 1. The molecule has 0 amide bonds. The molecule has 0 aliphatic carbocycles. The number of rotatable bonds is 3. The molecular formula is C24H16ClFN2OS2. The van der Waals surface area contributed by atoms with Gasteiger partial charge in [-0.15, -0.1) is 11.3 Å². The maximum atomic E-state index is 13.6. The molecule has 31 heavy (non-hydrogen) atoms. The molecule has 0 atom stereocenters. The summed E-state index contributed by atoms with van der Waals surface area (Å²) in [4.78, 5) is 14.5. The SMILES string of the molecule is Cc1cccc(-c2sc(=S)n3c4ccccc4c(=O)n(Cc4ccc(F)cc4Cl)c23)c1. The first-order valence-electron chi connectivity index (χ1n) is 9.62. The summed E-state index contributed by atoms with van der Waals surface area (Å²) in [6.07, 6.45) is 0. The van der Waals surface area contributed by atoms with Crippen LogP contribution < -0.4 is 5.56 Å². The fraction of sp³-hybridized carbons (Fsp3) is 0.0833. The third-order valence-corrected chi connectivity index (χ3v) is 7.05. The highest BCUT2D eigenvalue weighted by atomic mass is 35.5. The molecule has 7 heteroatoms. The molecule has 0 unspecified atom stereocenters. The maximum Gasteiger partial charge on any atom is 0.261 e. The van der Waals surface area contributed by atoms with Gasteiger partial charge in [0.2, 0.25) is 0 Å². The van der Waals surface area contributed by atoms with Crippen LogP contribution in [0.2, 0.25) is 5.02 Å². The highest BCUT2D eigenvalue weighted by Gasteiger charge is 2.19. The van der Waals surface area contributed by atoms with E-state index in [-0.39, 0.29) is 17.1 Å². The van der Waals surface area contributed by atoms with E-state index in [0.717, 1.165) is 21.5 Å². The van der Waals surface area contributed by atoms with Gasteiger partial charge in [0, 0.05) is 5.02 Å². The first kappa shape index (κ1) is 20.1. The Hall–Kier alpha value is -2.80. The second-order valence-electron chi connectivity index (χ2n) is 7.37. The summed E-state index contributed by atoms with van der Waals surface area (Å²) in [5.41, 5.74) is 4.11. The Morgan fingerprint density at radius 3 is 2.65 bits per heavy atom. The lowest BCUT2D eigenvalue weighted by Gasteiger charge is -2.14. The first-order chi connectivity index (χ1) is 14.9. The normalized spacial score (nSPS) is 11.5. The van der Waals surface area contributed by atoms with Gasteiger partial charge >= 0.3 is 0 Å². The Bertz CT molecular complexity index is 1600. The van der Waals surface area contributed by atoms with E-state index in [9.17, 15) is 9.18 Å². The van der Waals surface area contributed by atoms with Crippen molar-refractivity contribution >= 4 is 51.7 Å². The standard InChI is InChI=1S/C24H16ClFN2OS2/c1-14-5-4-6-15(11-14)21-22-27(13-16-9-10-17(26)12-19(16)25)23(29)18-7-2-3-8-20(18)28(22)24(30)31-21/h2-12H,13H2,1H3. The van der Waals surface area contributed by atoms with Crippen LogP contribution in [0.3, 0.4) is 0 Å². The highest BCUT2D eigenvalue weighted by Crippen LogP contribution is 2.34. The quantitative estimate of drug-likeness (QED) is 0.271. The molecule has 0 bridgehead atoms. The Balaban J connectivity index is 1.91. The molecule has 5 rings (SSSR count). The van der Waals surface area contributed by atoms with Crippen molar-refractivity contribution < 1.29 is 4.39 Å². The van der Waals surface area contributed by atoms with Gasteiger partial charge in [-0.25, -0.2) is 4.39 Å². The predicted octanol–water partition coefficient (Wildman–Crippen LogP) is 6.86. The van der Waals surface area contributed by atoms with E-state index < -0.39 is 5.82 Å². The monoisotopic (exact) mass is 466 g/mol. The summed E-state index contributed by atoms with van der Waals surface area (Å²) < 4.78 is 17.9. The molecule has 0 saturated heterocycles. The minimum atomic E-state index is -0.414. The van der Waals surface area contributed by atoms with Crippen molar-refractivity contribution in [2.45, 2.75) is 13.5 Å². The molecule has 154 valence electrons. The zero-order chi connectivity index (χ0) is 21.7. The van der Waals surface area contributed by atoms with Crippen LogP contribution in [0, 0.1) is 16.7 Å². The summed E-state index contributed by atoms with van der Waals surface area (Å²) in [5.74, 6) is -0.414. The molecule has 2 aromatic heterocycles. The Labute approximate surface area is 191 Å². The van der Waals surface area contributed by atoms with E-state index in [4.69, 9.17) is 23.8 Å². The Morgan fingerprint density at radius 1 is 1.06 bits per heavy atom. The Kier molecular flexibility index (Phi) is 5.01. The fourth-order valence-corrected chi connectivity index (χ4v) is 5.50. The van der Waals surface area contributed by atoms with Crippen LogP contribution >= 0.6 is 35.2 Å². The van der Waals surface area contributed by atoms with Gasteiger partial charge in [-0.2, -0.15) is 0 Å². The number of para-hydroxylation sites is 1. The van der Waals surface area contributed by atoms with Gasteiger partial charge in [-0.05, 0) is 54.5 Å². The topological polar surface area (TPSA) is 26.4 Å². The maximum absolute atomic E-state index is 13.6. The molecular weight excluding hydrogens is 451 g/mol. The zero-order valence-electron chi connectivity index (χ0n) is 16.4. The molecule has 5 aromatic rings. The van der Waals surface area contributed by atoms with Crippen molar-refractivity contribution in [2.24, 2.45) is 0 Å². The van der Waals surface area contributed by atoms with Gasteiger partial charge in [-0.1, -0.05) is 59.6 Å². The smallest absolute Gasteiger partial charge is 0.261 e. The number of aromatic nitrogens is 2. The van der Waals surface area contributed by atoms with Crippen molar-refractivity contribution in [3.8, 4) is 10.4 Å². The highest BCUT2D eigenvalue weighted by molar-refractivity contribution is 7.73. The number of hydrogen-bond acceptors (Lipinski definition) is 3. The number of halogens is 2. The van der Waals surface area contributed by atoms with E-state index in [1.54, 1.807) is 16.7 Å². The van der Waals surface area contributed by atoms with Gasteiger partial charge < -0.3 is 0 Å². The molecule has 3 aromatic carbocycles. The molecule has 0 spiro atoms. The molecule has 0 saturated carbocycles. The van der Waals surface area contributed by atoms with E-state index in [1.807, 2.05) is 47.7 Å². The fourth-order valence-electron chi connectivity index (χ4n) is 3.85. The van der Waals surface area contributed by atoms with Crippen LogP contribution in [0.5, 0.6) is 0 Å². The minimum Gasteiger partial charge on any atom is -0.288 e. The van der Waals surface area contributed by atoms with Crippen molar-refractivity contribution in [1.29, 1.82) is 0 Å². The number of benzene rings is 3. The Morgan fingerprint density at radius 2 is 1.87 bits per heavy atom. The third-order valence-electron chi connectivity index (χ3n) is 5.29. The van der Waals surface area contributed by atoms with E-state index >= 15 is 0 Å². The predicted molar refractivity (Wildman–Crippen MR) is 129 cm³/mol. The van der Waals surface area contributed by atoms with E-state index in [0.29, 0.717) is 20.6 Å². The summed E-state index contributed by atoms with van der Waals surface area (Å²) >= 11 is 13.5. The van der Waals surface area contributed by atoms with Crippen molar-refractivity contribution in [3.05, 3.63) is 103 Å². The van der Waals surface area contributed by atoms with Gasteiger partial charge in [0.05, 0.1) is 22.3 Å². The van der Waals surface area contributed by atoms with Crippen LogP contribution in [0.1, 0.15) is 11.1 Å².